The molecule has 6 heterocycles. The second-order valence-electron chi connectivity index (χ2n) is 22.2. The van der Waals surface area contributed by atoms with E-state index in [0.717, 1.165) is 69.0 Å². The molecule has 0 spiro atoms. The molecule has 0 radical (unpaired) electrons. The van der Waals surface area contributed by atoms with Crippen molar-refractivity contribution in [2.75, 3.05) is 54.5 Å². The van der Waals surface area contributed by atoms with Crippen molar-refractivity contribution in [1.29, 1.82) is 0 Å². The molecule has 22 nitrogen and oxygen atoms in total. The van der Waals surface area contributed by atoms with Gasteiger partial charge in [0.25, 0.3) is 5.91 Å². The first kappa shape index (κ1) is 58.5. The standard InChI is InChI=1S/C30H36BrN5O7S.C27H31BrN4O6/c1-35-14-6-4-3-5-7-18-16-30(18,28(38)34-44(40,41)20-8-9-20)33-26(37)23-15-19(17-36(23)29(35)39)43-27-22-10-11-24(42-2)25(31)21(22)12-13-32-27;1-31-12-6-4-3-5-7-16-14-27(16,25(34)35)30-23(33)20-13-17(15-32(20)26(31)36)38-24-19-8-9-21(37-2)22(28)18(19)10-11-29-24/h5,7,10-13,18-20,23H,3-4,6,8-9,14-17H2,1-2H3,(H,33,37)(H,34,38);5,7-11,16-17,20H,3-4,6,12-15H2,1-2H3,(H,30,33)(H,34,35)/b2*7-5-/t18-,19-,23+,30-;16-,17-,20+,27-/m11/s1. The fourth-order valence-corrected chi connectivity index (χ4v) is 14.1. The average Bonchev–Trinajstić information content (AvgIpc) is 4.61. The molecule has 2 aromatic carbocycles. The molecule has 5 fully saturated rings. The van der Waals surface area contributed by atoms with E-state index < -0.39 is 74.3 Å². The molecule has 0 bridgehead atoms. The van der Waals surface area contributed by atoms with Crippen molar-refractivity contribution in [1.82, 2.24) is 44.9 Å². The number of allylic oxidation sites excluding steroid dienone is 2. The molecular weight excluding hydrogens is 1210 g/mol. The number of pyridine rings is 2. The second-order valence-corrected chi connectivity index (χ2v) is 25.7. The van der Waals surface area contributed by atoms with E-state index in [4.69, 9.17) is 18.9 Å². The van der Waals surface area contributed by atoms with Crippen LogP contribution in [0.3, 0.4) is 0 Å². The highest BCUT2D eigenvalue weighted by molar-refractivity contribution is 9.11. The zero-order chi connectivity index (χ0) is 58.3. The minimum absolute atomic E-state index is 0.134. The Morgan fingerprint density at radius 3 is 1.57 bits per heavy atom. The number of hydrogen-bond acceptors (Lipinski definition) is 14. The lowest BCUT2D eigenvalue weighted by molar-refractivity contribution is -0.144. The predicted molar refractivity (Wildman–Crippen MR) is 309 cm³/mol. The topological polar surface area (TPSA) is 269 Å². The number of nitrogens with zero attached hydrogens (tertiary/aromatic N) is 6. The first-order chi connectivity index (χ1) is 39.3. The highest BCUT2D eigenvalue weighted by Crippen LogP contribution is 2.48. The SMILES string of the molecule is COc1ccc2c(O[C@@H]3C[C@H]4C(=O)N[C@]5(C(=O)NS(=O)(=O)C6CC6)C[C@H]5/C=C\CCCCN(C)C(=O)N4C3)nccc2c1Br.COc1ccc2c(O[C@@H]3C[C@H]4C(=O)N[C@]5(C(=O)O)C[C@H]5/C=C\CCCCN(C)C(=O)N4C3)nccc2c1Br. The van der Waals surface area contributed by atoms with Crippen molar-refractivity contribution in [2.24, 2.45) is 11.8 Å². The van der Waals surface area contributed by atoms with Crippen LogP contribution in [0, 0.1) is 11.8 Å². The van der Waals surface area contributed by atoms with Gasteiger partial charge in [0.15, 0.2) is 0 Å². The quantitative estimate of drug-likeness (QED) is 0.121. The number of fused-ring (bicyclic) bond motifs is 6. The molecule has 4 aliphatic heterocycles. The van der Waals surface area contributed by atoms with Crippen molar-refractivity contribution in [2.45, 2.75) is 118 Å². The number of carboxylic acids is 1. The first-order valence-electron chi connectivity index (χ1n) is 27.6. The van der Waals surface area contributed by atoms with Crippen molar-refractivity contribution in [3.8, 4) is 23.3 Å². The van der Waals surface area contributed by atoms with E-state index in [1.165, 1.54) is 9.80 Å². The summed E-state index contributed by atoms with van der Waals surface area (Å²) in [4.78, 5) is 95.1. The van der Waals surface area contributed by atoms with E-state index in [-0.39, 0.29) is 56.3 Å². The zero-order valence-corrected chi connectivity index (χ0v) is 50.0. The summed E-state index contributed by atoms with van der Waals surface area (Å²) in [5, 5.41) is 18.2. The fraction of sp³-hybridized carbons (Fsp3) is 0.509. The molecule has 8 atom stereocenters. The Hall–Kier alpha value is -6.73. The van der Waals surface area contributed by atoms with E-state index in [0.29, 0.717) is 55.6 Å². The van der Waals surface area contributed by atoms with Crippen molar-refractivity contribution < 1.29 is 61.2 Å². The van der Waals surface area contributed by atoms with Gasteiger partial charge in [-0.2, -0.15) is 0 Å². The summed E-state index contributed by atoms with van der Waals surface area (Å²) in [6.07, 6.45) is 16.8. The maximum absolute atomic E-state index is 13.9. The Balaban J connectivity index is 0.000000186. The fourth-order valence-electron chi connectivity index (χ4n) is 11.5. The number of carbonyl (C=O) groups is 6. The molecule has 4 aromatic rings. The van der Waals surface area contributed by atoms with Crippen LogP contribution < -0.4 is 34.3 Å². The largest absolute Gasteiger partial charge is 0.496 e. The highest BCUT2D eigenvalue weighted by atomic mass is 79.9. The predicted octanol–water partition coefficient (Wildman–Crippen LogP) is 6.68. The maximum Gasteiger partial charge on any atom is 0.330 e. The number of hydrogen-bond donors (Lipinski definition) is 4. The van der Waals surface area contributed by atoms with Gasteiger partial charge in [-0.15, -0.1) is 0 Å². The zero-order valence-electron chi connectivity index (χ0n) is 46.0. The van der Waals surface area contributed by atoms with Gasteiger partial charge in [0, 0.05) is 85.8 Å². The summed E-state index contributed by atoms with van der Waals surface area (Å²) in [5.74, 6) is -1.33. The van der Waals surface area contributed by atoms with Crippen molar-refractivity contribution in [3.63, 3.8) is 0 Å². The van der Waals surface area contributed by atoms with Crippen LogP contribution in [0.5, 0.6) is 23.3 Å². The lowest BCUT2D eigenvalue weighted by Crippen LogP contribution is -2.57. The number of benzene rings is 2. The summed E-state index contributed by atoms with van der Waals surface area (Å²) < 4.78 is 52.4. The number of aliphatic carboxylic acids is 1. The van der Waals surface area contributed by atoms with Gasteiger partial charge in [0.05, 0.1) is 41.5 Å². The summed E-state index contributed by atoms with van der Waals surface area (Å²) in [7, 11) is 2.79. The van der Waals surface area contributed by atoms with Gasteiger partial charge in [-0.25, -0.2) is 32.8 Å². The third-order valence-corrected chi connectivity index (χ3v) is 20.0. The van der Waals surface area contributed by atoms with Gasteiger partial charge < -0.3 is 54.3 Å². The summed E-state index contributed by atoms with van der Waals surface area (Å²) >= 11 is 7.15. The molecule has 3 aliphatic carbocycles. The van der Waals surface area contributed by atoms with Gasteiger partial charge in [-0.1, -0.05) is 24.3 Å². The van der Waals surface area contributed by atoms with E-state index in [2.05, 4.69) is 57.2 Å². The smallest absolute Gasteiger partial charge is 0.330 e. The molecule has 438 valence electrons. The van der Waals surface area contributed by atoms with Crippen LogP contribution in [-0.4, -0.2) is 174 Å². The minimum atomic E-state index is -3.81. The monoisotopic (exact) mass is 1280 g/mol. The van der Waals surface area contributed by atoms with Crippen LogP contribution in [0.4, 0.5) is 9.59 Å². The van der Waals surface area contributed by atoms with Crippen LogP contribution in [0.25, 0.3) is 21.5 Å². The molecule has 3 saturated carbocycles. The van der Waals surface area contributed by atoms with Crippen LogP contribution >= 0.6 is 31.9 Å². The number of amides is 7. The van der Waals surface area contributed by atoms with E-state index in [1.807, 2.05) is 54.6 Å². The Kier molecular flexibility index (Phi) is 17.0. The second kappa shape index (κ2) is 23.9. The van der Waals surface area contributed by atoms with Crippen LogP contribution in [0.1, 0.15) is 77.0 Å². The van der Waals surface area contributed by atoms with E-state index in [1.54, 1.807) is 56.6 Å². The van der Waals surface area contributed by atoms with E-state index >= 15 is 0 Å². The Morgan fingerprint density at radius 1 is 0.671 bits per heavy atom. The molecular formula is C57H67Br2N9O13S. The Morgan fingerprint density at radius 2 is 1.12 bits per heavy atom. The summed E-state index contributed by atoms with van der Waals surface area (Å²) in [5.41, 5.74) is -2.73. The molecule has 4 N–H and O–H groups in total. The number of carboxylic acid groups (broad SMARTS) is 1. The average molecular weight is 1280 g/mol. The van der Waals surface area contributed by atoms with Gasteiger partial charge in [0.1, 0.15) is 46.9 Å². The number of methoxy groups -OCH3 is 2. The normalized spacial score (nSPS) is 28.5. The number of nitrogens with one attached hydrogen (secondary N) is 3. The van der Waals surface area contributed by atoms with Gasteiger partial charge >= 0.3 is 18.0 Å². The van der Waals surface area contributed by atoms with E-state index in [9.17, 15) is 42.3 Å². The number of aromatic nitrogens is 2. The van der Waals surface area contributed by atoms with Crippen LogP contribution in [0.15, 0.2) is 82.0 Å². The summed E-state index contributed by atoms with van der Waals surface area (Å²) in [6.45, 7) is 1.40. The molecule has 2 aromatic heterocycles. The van der Waals surface area contributed by atoms with Crippen LogP contribution in [-0.2, 0) is 29.2 Å². The number of rotatable bonds is 10. The molecule has 7 amide bonds. The number of sulfonamides is 1. The third-order valence-electron chi connectivity index (χ3n) is 16.6. The molecule has 2 saturated heterocycles. The molecule has 11 rings (SSSR count). The Labute approximate surface area is 492 Å². The number of carbonyl (C=O) groups excluding carboxylic acids is 5. The van der Waals surface area contributed by atoms with Crippen LogP contribution in [0.2, 0.25) is 0 Å². The molecule has 82 heavy (non-hydrogen) atoms. The lowest BCUT2D eigenvalue weighted by atomic mass is 10.1. The van der Waals surface area contributed by atoms with Crippen molar-refractivity contribution in [3.05, 3.63) is 82.0 Å². The maximum atomic E-state index is 13.9. The Bertz CT molecular complexity index is 3370. The molecule has 7 aliphatic rings. The van der Waals surface area contributed by atoms with Crippen molar-refractivity contribution >= 4 is 99.2 Å². The number of urea groups is 2. The van der Waals surface area contributed by atoms with Gasteiger partial charge in [0.2, 0.25) is 33.6 Å². The molecule has 0 unspecified atom stereocenters. The molecule has 25 heteroatoms. The van der Waals surface area contributed by atoms with Gasteiger partial charge in [-0.3, -0.25) is 19.1 Å². The lowest BCUT2D eigenvalue weighted by Gasteiger charge is -2.30. The number of ether oxygens (including phenoxy) is 4. The highest BCUT2D eigenvalue weighted by Gasteiger charge is 2.63. The summed E-state index contributed by atoms with van der Waals surface area (Å²) in [6, 6.07) is 8.62. The number of halogens is 2. The van der Waals surface area contributed by atoms with Gasteiger partial charge in [-0.05, 0) is 132 Å². The third kappa shape index (κ3) is 11.9. The first-order valence-corrected chi connectivity index (χ1v) is 30.8. The minimum Gasteiger partial charge on any atom is -0.496 e.